The SMILES string of the molecule is CC/C(C)=C(\C)n1nc(CC)cc1Nc1ncccc1C(N)=O. The average Bonchev–Trinajstić information content (AvgIpc) is 2.96. The van der Waals surface area contributed by atoms with Crippen LogP contribution in [0.15, 0.2) is 30.0 Å². The Morgan fingerprint density at radius 1 is 1.35 bits per heavy atom. The van der Waals surface area contributed by atoms with E-state index in [4.69, 9.17) is 5.73 Å². The van der Waals surface area contributed by atoms with Crippen molar-refractivity contribution in [2.45, 2.75) is 40.5 Å². The Morgan fingerprint density at radius 2 is 2.09 bits per heavy atom. The summed E-state index contributed by atoms with van der Waals surface area (Å²) in [5, 5.41) is 7.81. The predicted octanol–water partition coefficient (Wildman–Crippen LogP) is 3.34. The van der Waals surface area contributed by atoms with Crippen molar-refractivity contribution in [3.05, 3.63) is 41.2 Å². The largest absolute Gasteiger partial charge is 0.365 e. The predicted molar refractivity (Wildman–Crippen MR) is 92.5 cm³/mol. The standard InChI is InChI=1S/C17H23N5O/c1-5-11(3)12(4)22-15(10-13(6-2)21-22)20-17-14(16(18)23)8-7-9-19-17/h7-10H,5-6H2,1-4H3,(H2,18,23)(H,19,20)/b12-11+. The third-order valence-corrected chi connectivity index (χ3v) is 3.91. The highest BCUT2D eigenvalue weighted by molar-refractivity contribution is 5.98. The number of hydrogen-bond donors (Lipinski definition) is 2. The molecule has 122 valence electrons. The van der Waals surface area contributed by atoms with E-state index in [1.165, 1.54) is 5.57 Å². The molecule has 2 aromatic rings. The molecule has 0 unspecified atom stereocenters. The number of nitrogens with two attached hydrogens (primary N) is 1. The number of rotatable bonds is 6. The van der Waals surface area contributed by atoms with Gasteiger partial charge in [-0.2, -0.15) is 5.10 Å². The van der Waals surface area contributed by atoms with Crippen LogP contribution in [0.2, 0.25) is 0 Å². The minimum absolute atomic E-state index is 0.354. The second-order valence-corrected chi connectivity index (χ2v) is 5.39. The average molecular weight is 313 g/mol. The summed E-state index contributed by atoms with van der Waals surface area (Å²) in [5.74, 6) is 0.693. The number of amides is 1. The summed E-state index contributed by atoms with van der Waals surface area (Å²) in [5.41, 5.74) is 9.04. The van der Waals surface area contributed by atoms with E-state index in [2.05, 4.69) is 36.2 Å². The quantitative estimate of drug-likeness (QED) is 0.856. The van der Waals surface area contributed by atoms with Crippen LogP contribution < -0.4 is 11.1 Å². The van der Waals surface area contributed by atoms with Gasteiger partial charge in [-0.15, -0.1) is 0 Å². The molecule has 3 N–H and O–H groups in total. The monoisotopic (exact) mass is 313 g/mol. The van der Waals surface area contributed by atoms with Gasteiger partial charge < -0.3 is 11.1 Å². The van der Waals surface area contributed by atoms with Gasteiger partial charge in [0, 0.05) is 18.0 Å². The van der Waals surface area contributed by atoms with Crippen LogP contribution in [0.3, 0.4) is 0 Å². The molecular formula is C17H23N5O. The number of aromatic nitrogens is 3. The number of pyridine rings is 1. The minimum Gasteiger partial charge on any atom is -0.365 e. The van der Waals surface area contributed by atoms with Gasteiger partial charge in [0.1, 0.15) is 11.6 Å². The summed E-state index contributed by atoms with van der Waals surface area (Å²) in [6.45, 7) is 8.28. The molecule has 1 amide bonds. The summed E-state index contributed by atoms with van der Waals surface area (Å²) in [6.07, 6.45) is 3.39. The molecule has 0 aliphatic carbocycles. The molecule has 0 saturated carbocycles. The van der Waals surface area contributed by atoms with E-state index in [9.17, 15) is 4.79 Å². The molecule has 0 radical (unpaired) electrons. The number of anilines is 2. The molecule has 23 heavy (non-hydrogen) atoms. The summed E-state index contributed by atoms with van der Waals surface area (Å²) >= 11 is 0. The number of nitrogens with one attached hydrogen (secondary N) is 1. The van der Waals surface area contributed by atoms with Crippen LogP contribution in [0.1, 0.15) is 50.2 Å². The Labute approximate surface area is 136 Å². The van der Waals surface area contributed by atoms with Crippen molar-refractivity contribution < 1.29 is 4.79 Å². The molecule has 2 heterocycles. The molecule has 0 bridgehead atoms. The van der Waals surface area contributed by atoms with E-state index >= 15 is 0 Å². The first-order valence-electron chi connectivity index (χ1n) is 7.75. The van der Waals surface area contributed by atoms with Gasteiger partial charge in [0.05, 0.1) is 11.3 Å². The van der Waals surface area contributed by atoms with Crippen molar-refractivity contribution in [2.24, 2.45) is 5.73 Å². The zero-order valence-electron chi connectivity index (χ0n) is 14.1. The summed E-state index contributed by atoms with van der Waals surface area (Å²) < 4.78 is 1.86. The topological polar surface area (TPSA) is 85.8 Å². The Morgan fingerprint density at radius 3 is 2.70 bits per heavy atom. The highest BCUT2D eigenvalue weighted by atomic mass is 16.1. The normalized spacial score (nSPS) is 12.0. The number of hydrogen-bond acceptors (Lipinski definition) is 4. The number of aryl methyl sites for hydroxylation is 1. The molecule has 0 spiro atoms. The first-order chi connectivity index (χ1) is 11.0. The molecule has 0 aromatic carbocycles. The molecule has 6 nitrogen and oxygen atoms in total. The van der Waals surface area contributed by atoms with E-state index < -0.39 is 5.91 Å². The maximum Gasteiger partial charge on any atom is 0.252 e. The minimum atomic E-state index is -0.514. The Bertz CT molecular complexity index is 745. The lowest BCUT2D eigenvalue weighted by molar-refractivity contribution is 0.100. The molecule has 0 saturated heterocycles. The Balaban J connectivity index is 2.49. The second kappa shape index (κ2) is 7.09. The van der Waals surface area contributed by atoms with Crippen molar-refractivity contribution in [3.8, 4) is 0 Å². The first-order valence-corrected chi connectivity index (χ1v) is 7.75. The molecule has 0 aliphatic heterocycles. The summed E-state index contributed by atoms with van der Waals surface area (Å²) in [6, 6.07) is 5.30. The van der Waals surface area contributed by atoms with Crippen LogP contribution in [0.25, 0.3) is 5.70 Å². The van der Waals surface area contributed by atoms with Gasteiger partial charge in [-0.05, 0) is 38.8 Å². The number of primary amides is 1. The van der Waals surface area contributed by atoms with E-state index in [1.807, 2.05) is 17.7 Å². The van der Waals surface area contributed by atoms with Crippen molar-refractivity contribution in [3.63, 3.8) is 0 Å². The third kappa shape index (κ3) is 3.59. The fraction of sp³-hybridized carbons (Fsp3) is 0.353. The van der Waals surface area contributed by atoms with Gasteiger partial charge in [-0.25, -0.2) is 9.67 Å². The lowest BCUT2D eigenvalue weighted by Gasteiger charge is -2.13. The smallest absolute Gasteiger partial charge is 0.252 e. The zero-order chi connectivity index (χ0) is 17.0. The lowest BCUT2D eigenvalue weighted by atomic mass is 10.2. The molecule has 2 rings (SSSR count). The van der Waals surface area contributed by atoms with Crippen molar-refractivity contribution in [1.82, 2.24) is 14.8 Å². The molecule has 6 heteroatoms. The van der Waals surface area contributed by atoms with Crippen LogP contribution in [-0.2, 0) is 6.42 Å². The number of carbonyl (C=O) groups is 1. The van der Waals surface area contributed by atoms with Gasteiger partial charge in [-0.1, -0.05) is 19.4 Å². The fourth-order valence-electron chi connectivity index (χ4n) is 2.21. The van der Waals surface area contributed by atoms with Gasteiger partial charge >= 0.3 is 0 Å². The van der Waals surface area contributed by atoms with Gasteiger partial charge in [-0.3, -0.25) is 4.79 Å². The lowest BCUT2D eigenvalue weighted by Crippen LogP contribution is -2.15. The molecule has 0 aliphatic rings. The maximum atomic E-state index is 11.6. The Kier molecular flexibility index (Phi) is 5.16. The number of carbonyl (C=O) groups excluding carboxylic acids is 1. The maximum absolute atomic E-state index is 11.6. The van der Waals surface area contributed by atoms with Gasteiger partial charge in [0.15, 0.2) is 0 Å². The number of allylic oxidation sites excluding steroid dienone is 2. The second-order valence-electron chi connectivity index (χ2n) is 5.39. The Hall–Kier alpha value is -2.63. The van der Waals surface area contributed by atoms with Gasteiger partial charge in [0.25, 0.3) is 5.91 Å². The zero-order valence-corrected chi connectivity index (χ0v) is 14.1. The molecule has 2 aromatic heterocycles. The molecular weight excluding hydrogens is 290 g/mol. The first kappa shape index (κ1) is 16.7. The van der Waals surface area contributed by atoms with Crippen molar-refractivity contribution in [2.75, 3.05) is 5.32 Å². The van der Waals surface area contributed by atoms with Gasteiger partial charge in [0.2, 0.25) is 0 Å². The highest BCUT2D eigenvalue weighted by Crippen LogP contribution is 2.24. The molecule has 0 fully saturated rings. The van der Waals surface area contributed by atoms with Crippen LogP contribution in [0.4, 0.5) is 11.6 Å². The van der Waals surface area contributed by atoms with Crippen LogP contribution >= 0.6 is 0 Å². The summed E-state index contributed by atoms with van der Waals surface area (Å²) in [4.78, 5) is 15.8. The van der Waals surface area contributed by atoms with E-state index in [0.29, 0.717) is 11.4 Å². The van der Waals surface area contributed by atoms with Crippen molar-refractivity contribution in [1.29, 1.82) is 0 Å². The van der Waals surface area contributed by atoms with E-state index in [1.54, 1.807) is 18.3 Å². The van der Waals surface area contributed by atoms with Crippen LogP contribution in [-0.4, -0.2) is 20.7 Å². The van der Waals surface area contributed by atoms with E-state index in [-0.39, 0.29) is 0 Å². The summed E-state index contributed by atoms with van der Waals surface area (Å²) in [7, 11) is 0. The highest BCUT2D eigenvalue weighted by Gasteiger charge is 2.14. The van der Waals surface area contributed by atoms with E-state index in [0.717, 1.165) is 30.1 Å². The fourth-order valence-corrected chi connectivity index (χ4v) is 2.21. The molecule has 0 atom stereocenters. The van der Waals surface area contributed by atoms with Crippen molar-refractivity contribution >= 4 is 23.2 Å². The third-order valence-electron chi connectivity index (χ3n) is 3.91. The van der Waals surface area contributed by atoms with Crippen LogP contribution in [0, 0.1) is 0 Å². The number of nitrogens with zero attached hydrogens (tertiary/aromatic N) is 3. The van der Waals surface area contributed by atoms with Crippen LogP contribution in [0.5, 0.6) is 0 Å².